The molecule has 0 saturated heterocycles. The summed E-state index contributed by atoms with van der Waals surface area (Å²) < 4.78 is 53.6. The molecule has 1 aromatic carbocycles. The summed E-state index contributed by atoms with van der Waals surface area (Å²) in [5, 5.41) is 5.17. The Morgan fingerprint density at radius 3 is 2.16 bits per heavy atom. The van der Waals surface area contributed by atoms with Crippen molar-refractivity contribution in [3.63, 3.8) is 0 Å². The molecule has 132 valence electrons. The maximum atomic E-state index is 13.7. The summed E-state index contributed by atoms with van der Waals surface area (Å²) in [4.78, 5) is 14.2. The second-order valence-electron chi connectivity index (χ2n) is 5.95. The summed E-state index contributed by atoms with van der Waals surface area (Å²) in [5.74, 6) is -6.56. The van der Waals surface area contributed by atoms with E-state index in [1.165, 1.54) is 0 Å². The van der Waals surface area contributed by atoms with Crippen LogP contribution in [-0.2, 0) is 4.79 Å². The zero-order chi connectivity index (χ0) is 18.1. The molecule has 3 rings (SSSR count). The standard InChI is InChI=1S/C17H15F4N3O/c1-8(22-14-12(18)15(20)24-16(21)13(14)19)9-4-6-11(7-5-9)23-17(25)10-2-3-10/h4-8,10H,2-3H2,1H3,(H,22,24)(H,23,25). The Balaban J connectivity index is 1.73. The molecule has 1 unspecified atom stereocenters. The molecule has 1 amide bonds. The molecular weight excluding hydrogens is 338 g/mol. The Hall–Kier alpha value is -2.64. The van der Waals surface area contributed by atoms with Gasteiger partial charge in [-0.1, -0.05) is 12.1 Å². The van der Waals surface area contributed by atoms with Crippen LogP contribution < -0.4 is 10.6 Å². The van der Waals surface area contributed by atoms with E-state index in [9.17, 15) is 22.4 Å². The fourth-order valence-electron chi connectivity index (χ4n) is 2.36. The summed E-state index contributed by atoms with van der Waals surface area (Å²) in [6.07, 6.45) is 1.78. The zero-order valence-corrected chi connectivity index (χ0v) is 13.2. The molecular formula is C17H15F4N3O. The van der Waals surface area contributed by atoms with Crippen molar-refractivity contribution < 1.29 is 22.4 Å². The van der Waals surface area contributed by atoms with Gasteiger partial charge in [0.1, 0.15) is 5.69 Å². The van der Waals surface area contributed by atoms with Crippen molar-refractivity contribution in [2.24, 2.45) is 5.92 Å². The van der Waals surface area contributed by atoms with Crippen molar-refractivity contribution in [1.29, 1.82) is 0 Å². The Morgan fingerprint density at radius 2 is 1.64 bits per heavy atom. The van der Waals surface area contributed by atoms with Crippen LogP contribution in [0.25, 0.3) is 0 Å². The molecule has 0 aliphatic heterocycles. The molecule has 1 aromatic heterocycles. The minimum absolute atomic E-state index is 0.0363. The molecule has 4 nitrogen and oxygen atoms in total. The first kappa shape index (κ1) is 17.2. The van der Waals surface area contributed by atoms with Crippen molar-refractivity contribution in [2.45, 2.75) is 25.8 Å². The maximum Gasteiger partial charge on any atom is 0.253 e. The first-order chi connectivity index (χ1) is 11.9. The first-order valence-corrected chi connectivity index (χ1v) is 7.74. The molecule has 0 bridgehead atoms. The van der Waals surface area contributed by atoms with Gasteiger partial charge in [-0.25, -0.2) is 0 Å². The summed E-state index contributed by atoms with van der Waals surface area (Å²) in [5.41, 5.74) is 0.302. The highest BCUT2D eigenvalue weighted by atomic mass is 19.2. The lowest BCUT2D eigenvalue weighted by Gasteiger charge is -2.17. The average molecular weight is 353 g/mol. The van der Waals surface area contributed by atoms with Crippen LogP contribution in [-0.4, -0.2) is 10.9 Å². The number of carbonyl (C=O) groups excluding carboxylic acids is 1. The van der Waals surface area contributed by atoms with Crippen LogP contribution in [0.3, 0.4) is 0 Å². The predicted octanol–water partition coefficient (Wildman–Crippen LogP) is 4.16. The first-order valence-electron chi connectivity index (χ1n) is 7.74. The van der Waals surface area contributed by atoms with Crippen molar-refractivity contribution in [3.05, 3.63) is 53.4 Å². The summed E-state index contributed by atoms with van der Waals surface area (Å²) >= 11 is 0. The lowest BCUT2D eigenvalue weighted by atomic mass is 10.1. The number of amides is 1. The molecule has 2 N–H and O–H groups in total. The predicted molar refractivity (Wildman–Crippen MR) is 83.9 cm³/mol. The van der Waals surface area contributed by atoms with E-state index in [1.54, 1.807) is 31.2 Å². The van der Waals surface area contributed by atoms with Crippen molar-refractivity contribution >= 4 is 17.3 Å². The average Bonchev–Trinajstić information content (AvgIpc) is 3.42. The Bertz CT molecular complexity index is 780. The number of nitrogens with zero attached hydrogens (tertiary/aromatic N) is 1. The van der Waals surface area contributed by atoms with E-state index in [0.717, 1.165) is 12.8 Å². The maximum absolute atomic E-state index is 13.7. The van der Waals surface area contributed by atoms with E-state index < -0.39 is 35.3 Å². The van der Waals surface area contributed by atoms with Crippen LogP contribution in [0.1, 0.15) is 31.4 Å². The molecule has 0 spiro atoms. The summed E-state index contributed by atoms with van der Waals surface area (Å²) in [6.45, 7) is 1.58. The monoisotopic (exact) mass is 353 g/mol. The summed E-state index contributed by atoms with van der Waals surface area (Å²) in [7, 11) is 0. The topological polar surface area (TPSA) is 54.0 Å². The van der Waals surface area contributed by atoms with Crippen LogP contribution in [0.5, 0.6) is 0 Å². The number of pyridine rings is 1. The third-order valence-electron chi connectivity index (χ3n) is 3.98. The van der Waals surface area contributed by atoms with Gasteiger partial charge in [0.2, 0.25) is 17.5 Å². The largest absolute Gasteiger partial charge is 0.373 e. The Kier molecular flexibility index (Phi) is 4.61. The lowest BCUT2D eigenvalue weighted by Crippen LogP contribution is -2.14. The number of aromatic nitrogens is 1. The highest BCUT2D eigenvalue weighted by Gasteiger charge is 2.29. The number of hydrogen-bond acceptors (Lipinski definition) is 3. The van der Waals surface area contributed by atoms with Gasteiger partial charge in [-0.2, -0.15) is 22.5 Å². The van der Waals surface area contributed by atoms with Crippen molar-refractivity contribution in [3.8, 4) is 0 Å². The van der Waals surface area contributed by atoms with Crippen molar-refractivity contribution in [1.82, 2.24) is 4.98 Å². The molecule has 1 aliphatic rings. The van der Waals surface area contributed by atoms with Crippen LogP contribution in [0.4, 0.5) is 28.9 Å². The molecule has 1 saturated carbocycles. The zero-order valence-electron chi connectivity index (χ0n) is 13.2. The molecule has 1 fully saturated rings. The van der Waals surface area contributed by atoms with Crippen molar-refractivity contribution in [2.75, 3.05) is 10.6 Å². The number of rotatable bonds is 5. The van der Waals surface area contributed by atoms with E-state index in [-0.39, 0.29) is 11.8 Å². The van der Waals surface area contributed by atoms with Crippen LogP contribution in [0, 0.1) is 29.4 Å². The number of anilines is 2. The number of benzene rings is 1. The number of hydrogen-bond donors (Lipinski definition) is 2. The molecule has 8 heteroatoms. The molecule has 25 heavy (non-hydrogen) atoms. The van der Waals surface area contributed by atoms with Gasteiger partial charge >= 0.3 is 0 Å². The van der Waals surface area contributed by atoms with E-state index in [4.69, 9.17) is 0 Å². The van der Waals surface area contributed by atoms with Crippen LogP contribution in [0.15, 0.2) is 24.3 Å². The fraction of sp³-hybridized carbons (Fsp3) is 0.294. The lowest BCUT2D eigenvalue weighted by molar-refractivity contribution is -0.117. The van der Waals surface area contributed by atoms with Gasteiger partial charge in [-0.3, -0.25) is 4.79 Å². The third-order valence-corrected chi connectivity index (χ3v) is 3.98. The molecule has 1 aliphatic carbocycles. The Morgan fingerprint density at radius 1 is 1.08 bits per heavy atom. The van der Waals surface area contributed by atoms with E-state index in [2.05, 4.69) is 15.6 Å². The van der Waals surface area contributed by atoms with Gasteiger partial charge in [-0.05, 0) is 37.5 Å². The smallest absolute Gasteiger partial charge is 0.253 e. The second kappa shape index (κ2) is 6.70. The van der Waals surface area contributed by atoms with Gasteiger partial charge < -0.3 is 10.6 Å². The molecule has 0 radical (unpaired) electrons. The highest BCUT2D eigenvalue weighted by molar-refractivity contribution is 5.94. The number of nitrogens with one attached hydrogen (secondary N) is 2. The van der Waals surface area contributed by atoms with Gasteiger partial charge in [0.25, 0.3) is 11.9 Å². The molecule has 1 heterocycles. The normalized spacial score (nSPS) is 14.9. The van der Waals surface area contributed by atoms with Gasteiger partial charge in [0.15, 0.2) is 0 Å². The fourth-order valence-corrected chi connectivity index (χ4v) is 2.36. The molecule has 1 atom stereocenters. The van der Waals surface area contributed by atoms with E-state index >= 15 is 0 Å². The van der Waals surface area contributed by atoms with Gasteiger partial charge in [0.05, 0.1) is 0 Å². The third kappa shape index (κ3) is 3.72. The highest BCUT2D eigenvalue weighted by Crippen LogP contribution is 2.31. The second-order valence-corrected chi connectivity index (χ2v) is 5.95. The minimum Gasteiger partial charge on any atom is -0.373 e. The van der Waals surface area contributed by atoms with E-state index in [1.807, 2.05) is 0 Å². The van der Waals surface area contributed by atoms with Crippen LogP contribution >= 0.6 is 0 Å². The van der Waals surface area contributed by atoms with Gasteiger partial charge in [0, 0.05) is 17.6 Å². The number of halogens is 4. The Labute approximate surface area is 141 Å². The minimum atomic E-state index is -1.72. The molecule has 2 aromatic rings. The summed E-state index contributed by atoms with van der Waals surface area (Å²) in [6, 6.07) is 5.94. The quantitative estimate of drug-likeness (QED) is 0.627. The number of carbonyl (C=O) groups is 1. The SMILES string of the molecule is CC(Nc1c(F)c(F)nc(F)c1F)c1ccc(NC(=O)C2CC2)cc1. The van der Waals surface area contributed by atoms with E-state index in [0.29, 0.717) is 11.3 Å². The van der Waals surface area contributed by atoms with Crippen LogP contribution in [0.2, 0.25) is 0 Å². The van der Waals surface area contributed by atoms with Gasteiger partial charge in [-0.15, -0.1) is 0 Å².